The molecule has 2 aromatic carbocycles. The molecule has 0 aliphatic heterocycles. The Bertz CT molecular complexity index is 831. The Morgan fingerprint density at radius 2 is 1.77 bits per heavy atom. The number of benzene rings is 2. The number of hydrogen-bond donors (Lipinski definition) is 2. The van der Waals surface area contributed by atoms with Gasteiger partial charge in [-0.2, -0.15) is 0 Å². The standard InChI is InChI=1S/C18H17N3O5/c1-26-12-18(23)20-15-8-6-14(7-9-15)19-17(22)10-5-13-3-2-4-16(11-13)21(24)25/h2-11H,12H2,1H3,(H,19,22)(H,20,23). The monoisotopic (exact) mass is 355 g/mol. The van der Waals surface area contributed by atoms with Crippen LogP contribution in [0, 0.1) is 10.1 Å². The molecule has 0 saturated heterocycles. The van der Waals surface area contributed by atoms with Gasteiger partial charge in [0.05, 0.1) is 4.92 Å². The van der Waals surface area contributed by atoms with Crippen LogP contribution in [0.15, 0.2) is 54.6 Å². The van der Waals surface area contributed by atoms with Crippen LogP contribution in [0.2, 0.25) is 0 Å². The Hall–Kier alpha value is -3.52. The highest BCUT2D eigenvalue weighted by atomic mass is 16.6. The molecule has 0 bridgehead atoms. The van der Waals surface area contributed by atoms with Crippen molar-refractivity contribution < 1.29 is 19.2 Å². The number of rotatable bonds is 7. The molecule has 0 atom stereocenters. The summed E-state index contributed by atoms with van der Waals surface area (Å²) in [7, 11) is 1.43. The van der Waals surface area contributed by atoms with E-state index in [1.807, 2.05) is 0 Å². The summed E-state index contributed by atoms with van der Waals surface area (Å²) in [5, 5.41) is 16.0. The number of nitro benzene ring substituents is 1. The van der Waals surface area contributed by atoms with E-state index in [-0.39, 0.29) is 24.1 Å². The minimum atomic E-state index is -0.496. The van der Waals surface area contributed by atoms with E-state index in [0.717, 1.165) is 0 Å². The van der Waals surface area contributed by atoms with Crippen molar-refractivity contribution in [3.05, 3.63) is 70.3 Å². The minimum Gasteiger partial charge on any atom is -0.375 e. The average Bonchev–Trinajstić information content (AvgIpc) is 2.62. The number of methoxy groups -OCH3 is 1. The van der Waals surface area contributed by atoms with Gasteiger partial charge in [0.15, 0.2) is 0 Å². The lowest BCUT2D eigenvalue weighted by molar-refractivity contribution is -0.384. The lowest BCUT2D eigenvalue weighted by atomic mass is 10.2. The van der Waals surface area contributed by atoms with E-state index < -0.39 is 4.92 Å². The normalized spacial score (nSPS) is 10.5. The third-order valence-electron chi connectivity index (χ3n) is 3.22. The third-order valence-corrected chi connectivity index (χ3v) is 3.22. The number of carbonyl (C=O) groups is 2. The molecule has 0 fully saturated rings. The maximum absolute atomic E-state index is 11.9. The van der Waals surface area contributed by atoms with Crippen LogP contribution in [0.3, 0.4) is 0 Å². The summed E-state index contributed by atoms with van der Waals surface area (Å²) in [4.78, 5) is 33.6. The molecule has 26 heavy (non-hydrogen) atoms. The molecular formula is C18H17N3O5. The van der Waals surface area contributed by atoms with E-state index >= 15 is 0 Å². The first kappa shape index (κ1) is 18.8. The van der Waals surface area contributed by atoms with Gasteiger partial charge in [0.1, 0.15) is 6.61 Å². The van der Waals surface area contributed by atoms with Crippen LogP contribution < -0.4 is 10.6 Å². The summed E-state index contributed by atoms with van der Waals surface area (Å²) < 4.78 is 4.72. The lowest BCUT2D eigenvalue weighted by Crippen LogP contribution is -2.17. The molecule has 134 valence electrons. The van der Waals surface area contributed by atoms with Crippen LogP contribution in [-0.2, 0) is 14.3 Å². The second-order valence-electron chi connectivity index (χ2n) is 5.23. The van der Waals surface area contributed by atoms with Gasteiger partial charge in [-0.25, -0.2) is 0 Å². The van der Waals surface area contributed by atoms with Gasteiger partial charge in [-0.15, -0.1) is 0 Å². The molecule has 2 aromatic rings. The largest absolute Gasteiger partial charge is 0.375 e. The Labute approximate surface area is 149 Å². The zero-order valence-electron chi connectivity index (χ0n) is 14.0. The highest BCUT2D eigenvalue weighted by Gasteiger charge is 2.05. The fraction of sp³-hybridized carbons (Fsp3) is 0.111. The summed E-state index contributed by atoms with van der Waals surface area (Å²) in [6.45, 7) is -0.0407. The van der Waals surface area contributed by atoms with E-state index in [9.17, 15) is 19.7 Å². The van der Waals surface area contributed by atoms with E-state index in [4.69, 9.17) is 4.74 Å². The summed E-state index contributed by atoms with van der Waals surface area (Å²) in [6.07, 6.45) is 2.77. The van der Waals surface area contributed by atoms with Crippen LogP contribution in [0.4, 0.5) is 17.1 Å². The molecule has 0 aromatic heterocycles. The zero-order chi connectivity index (χ0) is 18.9. The van der Waals surface area contributed by atoms with Crippen molar-refractivity contribution in [2.75, 3.05) is 24.4 Å². The van der Waals surface area contributed by atoms with Gasteiger partial charge in [0, 0.05) is 36.7 Å². The molecule has 0 aliphatic rings. The summed E-state index contributed by atoms with van der Waals surface area (Å²) >= 11 is 0. The Balaban J connectivity index is 1.94. The minimum absolute atomic E-state index is 0.0407. The molecule has 2 amide bonds. The molecule has 8 heteroatoms. The molecule has 0 heterocycles. The van der Waals surface area contributed by atoms with E-state index in [0.29, 0.717) is 16.9 Å². The van der Waals surface area contributed by atoms with E-state index in [1.165, 1.54) is 31.4 Å². The van der Waals surface area contributed by atoms with Gasteiger partial charge in [-0.1, -0.05) is 12.1 Å². The Morgan fingerprint density at radius 1 is 1.12 bits per heavy atom. The quantitative estimate of drug-likeness (QED) is 0.451. The second-order valence-corrected chi connectivity index (χ2v) is 5.23. The number of anilines is 2. The van der Waals surface area contributed by atoms with Crippen molar-refractivity contribution in [2.45, 2.75) is 0 Å². The molecule has 0 aliphatic carbocycles. The van der Waals surface area contributed by atoms with Gasteiger partial charge in [0.2, 0.25) is 11.8 Å². The molecule has 0 spiro atoms. The fourth-order valence-corrected chi connectivity index (χ4v) is 2.06. The first-order valence-corrected chi connectivity index (χ1v) is 7.60. The summed E-state index contributed by atoms with van der Waals surface area (Å²) in [6, 6.07) is 12.5. The molecule has 0 unspecified atom stereocenters. The number of hydrogen-bond acceptors (Lipinski definition) is 5. The molecule has 0 radical (unpaired) electrons. The SMILES string of the molecule is COCC(=O)Nc1ccc(NC(=O)C=Cc2cccc([N+](=O)[O-])c2)cc1. The van der Waals surface area contributed by atoms with Crippen molar-refractivity contribution in [3.63, 3.8) is 0 Å². The Morgan fingerprint density at radius 3 is 2.38 bits per heavy atom. The summed E-state index contributed by atoms with van der Waals surface area (Å²) in [5.74, 6) is -0.656. The molecular weight excluding hydrogens is 338 g/mol. The smallest absolute Gasteiger partial charge is 0.270 e. The van der Waals surface area contributed by atoms with E-state index in [1.54, 1.807) is 36.4 Å². The topological polar surface area (TPSA) is 111 Å². The van der Waals surface area contributed by atoms with Gasteiger partial charge in [0.25, 0.3) is 5.69 Å². The van der Waals surface area contributed by atoms with Crippen LogP contribution >= 0.6 is 0 Å². The first-order valence-electron chi connectivity index (χ1n) is 7.60. The lowest BCUT2D eigenvalue weighted by Gasteiger charge is -2.06. The van der Waals surface area contributed by atoms with E-state index in [2.05, 4.69) is 10.6 Å². The molecule has 2 N–H and O–H groups in total. The third kappa shape index (κ3) is 5.84. The number of amides is 2. The molecule has 2 rings (SSSR count). The number of nitro groups is 1. The number of ether oxygens (including phenoxy) is 1. The number of nitrogens with zero attached hydrogens (tertiary/aromatic N) is 1. The van der Waals surface area contributed by atoms with Gasteiger partial charge >= 0.3 is 0 Å². The van der Waals surface area contributed by atoms with Crippen LogP contribution in [-0.4, -0.2) is 30.5 Å². The predicted octanol–water partition coefficient (Wildman–Crippen LogP) is 2.83. The highest BCUT2D eigenvalue weighted by molar-refractivity contribution is 6.02. The van der Waals surface area contributed by atoms with Crippen molar-refractivity contribution in [1.29, 1.82) is 0 Å². The number of non-ortho nitro benzene ring substituents is 1. The van der Waals surface area contributed by atoms with Crippen molar-refractivity contribution in [1.82, 2.24) is 0 Å². The Kier molecular flexibility index (Phi) is 6.58. The zero-order valence-corrected chi connectivity index (χ0v) is 14.0. The first-order chi connectivity index (χ1) is 12.5. The number of nitrogens with one attached hydrogen (secondary N) is 2. The van der Waals surface area contributed by atoms with Gasteiger partial charge in [-0.05, 0) is 35.9 Å². The molecule has 0 saturated carbocycles. The van der Waals surface area contributed by atoms with Crippen LogP contribution in [0.25, 0.3) is 6.08 Å². The van der Waals surface area contributed by atoms with Crippen LogP contribution in [0.5, 0.6) is 0 Å². The van der Waals surface area contributed by atoms with Crippen molar-refractivity contribution in [2.24, 2.45) is 0 Å². The fourth-order valence-electron chi connectivity index (χ4n) is 2.06. The maximum Gasteiger partial charge on any atom is 0.270 e. The van der Waals surface area contributed by atoms with Crippen molar-refractivity contribution >= 4 is 35.0 Å². The maximum atomic E-state index is 11.9. The van der Waals surface area contributed by atoms with Gasteiger partial charge in [-0.3, -0.25) is 19.7 Å². The molecule has 8 nitrogen and oxygen atoms in total. The number of carbonyl (C=O) groups excluding carboxylic acids is 2. The predicted molar refractivity (Wildman–Crippen MR) is 97.7 cm³/mol. The average molecular weight is 355 g/mol. The second kappa shape index (κ2) is 9.09. The van der Waals surface area contributed by atoms with Crippen molar-refractivity contribution in [3.8, 4) is 0 Å². The highest BCUT2D eigenvalue weighted by Crippen LogP contribution is 2.15. The van der Waals surface area contributed by atoms with Gasteiger partial charge < -0.3 is 15.4 Å². The van der Waals surface area contributed by atoms with Crippen LogP contribution in [0.1, 0.15) is 5.56 Å². The summed E-state index contributed by atoms with van der Waals surface area (Å²) in [5.41, 5.74) is 1.63.